The number of hydrogen-bond acceptors (Lipinski definition) is 5. The van der Waals surface area contributed by atoms with Crippen molar-refractivity contribution in [2.45, 2.75) is 6.18 Å². The lowest BCUT2D eigenvalue weighted by Gasteiger charge is -2.12. The molecule has 23 heavy (non-hydrogen) atoms. The van der Waals surface area contributed by atoms with Crippen LogP contribution in [0, 0.1) is 0 Å². The molecule has 0 spiro atoms. The van der Waals surface area contributed by atoms with Gasteiger partial charge >= 0.3 is 12.1 Å². The van der Waals surface area contributed by atoms with Crippen LogP contribution in [0.3, 0.4) is 0 Å². The molecule has 3 N–H and O–H groups in total. The highest BCUT2D eigenvalue weighted by Gasteiger charge is 2.33. The van der Waals surface area contributed by atoms with Crippen LogP contribution in [0.25, 0.3) is 0 Å². The number of carboxylic acid groups (broad SMARTS) is 1. The van der Waals surface area contributed by atoms with E-state index in [2.05, 4.69) is 20.6 Å². The van der Waals surface area contributed by atoms with Gasteiger partial charge in [-0.05, 0) is 24.3 Å². The summed E-state index contributed by atoms with van der Waals surface area (Å²) in [6, 6.07) is 6.95. The molecular weight excluding hydrogens is 337 g/mol. The number of carbonyl (C=O) groups is 1. The van der Waals surface area contributed by atoms with Gasteiger partial charge in [0, 0.05) is 16.8 Å². The number of nitrogens with one attached hydrogen (secondary N) is 2. The van der Waals surface area contributed by atoms with Crippen molar-refractivity contribution in [1.29, 1.82) is 0 Å². The quantitative estimate of drug-likeness (QED) is 0.769. The summed E-state index contributed by atoms with van der Waals surface area (Å²) in [6.07, 6.45) is -4.70. The van der Waals surface area contributed by atoms with Gasteiger partial charge in [-0.25, -0.2) is 4.98 Å². The molecule has 0 saturated carbocycles. The molecule has 1 aromatic heterocycles. The van der Waals surface area contributed by atoms with Gasteiger partial charge in [-0.1, -0.05) is 11.6 Å². The molecule has 10 heteroatoms. The summed E-state index contributed by atoms with van der Waals surface area (Å²) in [5.74, 6) is -1.83. The number of hydrogen-bond donors (Lipinski definition) is 3. The summed E-state index contributed by atoms with van der Waals surface area (Å²) < 4.78 is 38.6. The van der Waals surface area contributed by atoms with Crippen molar-refractivity contribution in [1.82, 2.24) is 9.97 Å². The maximum absolute atomic E-state index is 12.9. The second-order valence-corrected chi connectivity index (χ2v) is 4.78. The molecule has 122 valence electrons. The van der Waals surface area contributed by atoms with Gasteiger partial charge in [0.1, 0.15) is 12.4 Å². The van der Waals surface area contributed by atoms with E-state index in [1.807, 2.05) is 0 Å². The van der Waals surface area contributed by atoms with Gasteiger partial charge in [0.25, 0.3) is 0 Å². The van der Waals surface area contributed by atoms with Crippen LogP contribution in [0.15, 0.2) is 30.3 Å². The van der Waals surface area contributed by atoms with E-state index in [4.69, 9.17) is 16.7 Å². The Balaban J connectivity index is 2.31. The number of anilines is 3. The average Bonchev–Trinajstić information content (AvgIpc) is 2.46. The SMILES string of the molecule is O=C(O)CNc1nc(Nc2ccc(Cl)cc2)cc(C(F)(F)F)n1. The fourth-order valence-electron chi connectivity index (χ4n) is 1.57. The average molecular weight is 347 g/mol. The lowest BCUT2D eigenvalue weighted by Crippen LogP contribution is -2.17. The van der Waals surface area contributed by atoms with Gasteiger partial charge in [0.05, 0.1) is 0 Å². The molecular formula is C13H10ClF3N4O2. The topological polar surface area (TPSA) is 87.1 Å². The molecule has 0 radical (unpaired) electrons. The highest BCUT2D eigenvalue weighted by atomic mass is 35.5. The summed E-state index contributed by atoms with van der Waals surface area (Å²) >= 11 is 5.73. The molecule has 2 aromatic rings. The molecule has 0 fully saturated rings. The van der Waals surface area contributed by atoms with Gasteiger partial charge < -0.3 is 15.7 Å². The van der Waals surface area contributed by atoms with Crippen LogP contribution < -0.4 is 10.6 Å². The highest BCUT2D eigenvalue weighted by molar-refractivity contribution is 6.30. The first-order valence-corrected chi connectivity index (χ1v) is 6.56. The van der Waals surface area contributed by atoms with Gasteiger partial charge in [0.2, 0.25) is 5.95 Å². The third-order valence-electron chi connectivity index (χ3n) is 2.53. The third kappa shape index (κ3) is 4.99. The third-order valence-corrected chi connectivity index (χ3v) is 2.78. The summed E-state index contributed by atoms with van der Waals surface area (Å²) in [5, 5.41) is 13.9. The fourth-order valence-corrected chi connectivity index (χ4v) is 1.70. The molecule has 2 rings (SSSR count). The van der Waals surface area contributed by atoms with E-state index in [0.717, 1.165) is 6.07 Å². The predicted octanol–water partition coefficient (Wildman–Crippen LogP) is 3.39. The van der Waals surface area contributed by atoms with Crippen LogP contribution in [-0.4, -0.2) is 27.6 Å². The Kier molecular flexibility index (Phi) is 4.89. The first-order valence-electron chi connectivity index (χ1n) is 6.18. The Hall–Kier alpha value is -2.55. The smallest absolute Gasteiger partial charge is 0.433 e. The Labute approximate surface area is 133 Å². The van der Waals surface area contributed by atoms with E-state index in [9.17, 15) is 18.0 Å². The summed E-state index contributed by atoms with van der Waals surface area (Å²) in [5.41, 5.74) is -0.734. The molecule has 0 aliphatic rings. The zero-order valence-electron chi connectivity index (χ0n) is 11.4. The Morgan fingerprint density at radius 2 is 1.87 bits per heavy atom. The minimum absolute atomic E-state index is 0.137. The van der Waals surface area contributed by atoms with Crippen molar-refractivity contribution in [3.8, 4) is 0 Å². The van der Waals surface area contributed by atoms with Gasteiger partial charge in [-0.15, -0.1) is 0 Å². The molecule has 0 saturated heterocycles. The number of benzene rings is 1. The Bertz CT molecular complexity index is 707. The van der Waals surface area contributed by atoms with Gasteiger partial charge in [-0.2, -0.15) is 18.2 Å². The van der Waals surface area contributed by atoms with E-state index in [1.54, 1.807) is 24.3 Å². The van der Waals surface area contributed by atoms with E-state index in [1.165, 1.54) is 0 Å². The first-order chi connectivity index (χ1) is 10.7. The summed E-state index contributed by atoms with van der Waals surface area (Å²) in [4.78, 5) is 17.6. The molecule has 1 aromatic carbocycles. The maximum atomic E-state index is 12.9. The van der Waals surface area contributed by atoms with E-state index >= 15 is 0 Å². The highest BCUT2D eigenvalue weighted by Crippen LogP contribution is 2.30. The Morgan fingerprint density at radius 1 is 1.22 bits per heavy atom. The molecule has 1 heterocycles. The van der Waals surface area contributed by atoms with E-state index in [0.29, 0.717) is 10.7 Å². The lowest BCUT2D eigenvalue weighted by atomic mass is 10.3. The van der Waals surface area contributed by atoms with Crippen molar-refractivity contribution < 1.29 is 23.1 Å². The number of carboxylic acids is 1. The van der Waals surface area contributed by atoms with Crippen LogP contribution in [0.5, 0.6) is 0 Å². The zero-order chi connectivity index (χ0) is 17.0. The molecule has 0 aliphatic heterocycles. The molecule has 0 atom stereocenters. The van der Waals surface area contributed by atoms with Crippen molar-refractivity contribution in [3.05, 3.63) is 41.0 Å². The number of nitrogens with zero attached hydrogens (tertiary/aromatic N) is 2. The standard InChI is InChI=1S/C13H10ClF3N4O2/c14-7-1-3-8(4-2-7)19-10-5-9(13(15,16)17)20-12(21-10)18-6-11(22)23/h1-5H,6H2,(H,22,23)(H2,18,19,20,21). The van der Waals surface area contributed by atoms with Gasteiger partial charge in [0.15, 0.2) is 5.69 Å². The van der Waals surface area contributed by atoms with Crippen LogP contribution in [0.4, 0.5) is 30.6 Å². The minimum Gasteiger partial charge on any atom is -0.480 e. The minimum atomic E-state index is -4.70. The summed E-state index contributed by atoms with van der Waals surface area (Å²) in [7, 11) is 0. The zero-order valence-corrected chi connectivity index (χ0v) is 12.1. The fraction of sp³-hybridized carbons (Fsp3) is 0.154. The van der Waals surface area contributed by atoms with Crippen molar-refractivity contribution in [2.24, 2.45) is 0 Å². The van der Waals surface area contributed by atoms with Crippen LogP contribution in [0.2, 0.25) is 5.02 Å². The summed E-state index contributed by atoms with van der Waals surface area (Å²) in [6.45, 7) is -0.609. The lowest BCUT2D eigenvalue weighted by molar-refractivity contribution is -0.141. The van der Waals surface area contributed by atoms with Crippen molar-refractivity contribution in [2.75, 3.05) is 17.2 Å². The number of rotatable bonds is 5. The molecule has 0 unspecified atom stereocenters. The maximum Gasteiger partial charge on any atom is 0.433 e. The van der Waals surface area contributed by atoms with Crippen LogP contribution in [-0.2, 0) is 11.0 Å². The van der Waals surface area contributed by atoms with Crippen LogP contribution in [0.1, 0.15) is 5.69 Å². The molecule has 0 amide bonds. The number of aromatic nitrogens is 2. The molecule has 0 aliphatic carbocycles. The normalized spacial score (nSPS) is 11.1. The Morgan fingerprint density at radius 3 is 2.43 bits per heavy atom. The van der Waals surface area contributed by atoms with Crippen molar-refractivity contribution in [3.63, 3.8) is 0 Å². The van der Waals surface area contributed by atoms with Crippen LogP contribution >= 0.6 is 11.6 Å². The van der Waals surface area contributed by atoms with Gasteiger partial charge in [-0.3, -0.25) is 4.79 Å². The second-order valence-electron chi connectivity index (χ2n) is 4.34. The first kappa shape index (κ1) is 16.8. The largest absolute Gasteiger partial charge is 0.480 e. The molecule has 0 bridgehead atoms. The number of alkyl halides is 3. The van der Waals surface area contributed by atoms with Crippen molar-refractivity contribution >= 4 is 35.0 Å². The number of halogens is 4. The van der Waals surface area contributed by atoms with E-state index in [-0.39, 0.29) is 5.82 Å². The molecule has 6 nitrogen and oxygen atoms in total. The predicted molar refractivity (Wildman–Crippen MR) is 77.9 cm³/mol. The monoisotopic (exact) mass is 346 g/mol. The van der Waals surface area contributed by atoms with E-state index < -0.39 is 30.3 Å². The number of aliphatic carboxylic acids is 1. The second kappa shape index (κ2) is 6.69.